The average Bonchev–Trinajstić information content (AvgIpc) is 3.20. The molecule has 1 aliphatic rings. The number of hydrogen-bond donors (Lipinski definition) is 2. The van der Waals surface area contributed by atoms with E-state index in [-0.39, 0.29) is 19.4 Å². The summed E-state index contributed by atoms with van der Waals surface area (Å²) in [5.74, 6) is 0.306. The van der Waals surface area contributed by atoms with Crippen molar-refractivity contribution in [3.05, 3.63) is 0 Å². The third kappa shape index (κ3) is 16.0. The third-order valence-electron chi connectivity index (χ3n) is 7.18. The molecule has 0 radical (unpaired) electrons. The number of aliphatic carboxylic acids is 2. The molecule has 35 heavy (non-hydrogen) atoms. The third-order valence-corrected chi connectivity index (χ3v) is 7.18. The zero-order chi connectivity index (χ0) is 25.8. The minimum Gasteiger partial charge on any atom is -0.481 e. The minimum atomic E-state index is -0.865. The van der Waals surface area contributed by atoms with Crippen LogP contribution in [0.5, 0.6) is 0 Å². The lowest BCUT2D eigenvalue weighted by Gasteiger charge is -2.34. The van der Waals surface area contributed by atoms with E-state index in [0.29, 0.717) is 24.2 Å². The van der Waals surface area contributed by atoms with Gasteiger partial charge < -0.3 is 14.9 Å². The summed E-state index contributed by atoms with van der Waals surface area (Å²) in [6.45, 7) is 8.01. The van der Waals surface area contributed by atoms with Crippen LogP contribution in [0, 0.1) is 5.92 Å². The monoisotopic (exact) mass is 497 g/mol. The van der Waals surface area contributed by atoms with Gasteiger partial charge in [0, 0.05) is 6.42 Å². The normalized spacial score (nSPS) is 17.7. The molecule has 0 aromatic heterocycles. The second-order valence-corrected chi connectivity index (χ2v) is 10.7. The Bertz CT molecular complexity index is 608. The Morgan fingerprint density at radius 2 is 1.34 bits per heavy atom. The van der Waals surface area contributed by atoms with Gasteiger partial charge in [-0.15, -0.1) is 0 Å². The molecular formula is C28H53N2O5+. The van der Waals surface area contributed by atoms with E-state index >= 15 is 0 Å². The Balaban J connectivity index is 2.16. The molecule has 1 heterocycles. The number of amidine groups is 1. The fourth-order valence-electron chi connectivity index (χ4n) is 4.97. The lowest BCUT2D eigenvalue weighted by Crippen LogP contribution is -2.53. The van der Waals surface area contributed by atoms with E-state index < -0.39 is 11.9 Å². The molecule has 1 atom stereocenters. The zero-order valence-electron chi connectivity index (χ0n) is 22.6. The summed E-state index contributed by atoms with van der Waals surface area (Å²) in [4.78, 5) is 26.6. The molecule has 204 valence electrons. The number of ether oxygens (including phenoxy) is 1. The molecule has 0 aromatic rings. The molecule has 0 saturated carbocycles. The molecule has 0 aromatic carbocycles. The van der Waals surface area contributed by atoms with Gasteiger partial charge in [-0.1, -0.05) is 90.9 Å². The van der Waals surface area contributed by atoms with Crippen LogP contribution in [-0.2, 0) is 14.3 Å². The summed E-state index contributed by atoms with van der Waals surface area (Å²) in [7, 11) is 0. The number of carboxylic acid groups (broad SMARTS) is 2. The molecule has 0 amide bonds. The van der Waals surface area contributed by atoms with Gasteiger partial charge in [0.1, 0.15) is 13.1 Å². The van der Waals surface area contributed by atoms with E-state index in [1.54, 1.807) is 0 Å². The van der Waals surface area contributed by atoms with Crippen LogP contribution >= 0.6 is 0 Å². The van der Waals surface area contributed by atoms with Crippen LogP contribution in [0.2, 0.25) is 0 Å². The molecule has 0 saturated heterocycles. The highest BCUT2D eigenvalue weighted by Crippen LogP contribution is 2.21. The molecular weight excluding hydrogens is 444 g/mol. The van der Waals surface area contributed by atoms with Crippen molar-refractivity contribution in [1.82, 2.24) is 0 Å². The van der Waals surface area contributed by atoms with E-state index in [1.165, 1.54) is 77.0 Å². The van der Waals surface area contributed by atoms with Crippen molar-refractivity contribution >= 4 is 17.8 Å². The van der Waals surface area contributed by atoms with Crippen molar-refractivity contribution in [1.29, 1.82) is 0 Å². The number of nitrogens with zero attached hydrogens (tertiary/aromatic N) is 2. The molecule has 2 N–H and O–H groups in total. The maximum Gasteiger partial charge on any atom is 0.309 e. The number of carboxylic acids is 2. The van der Waals surface area contributed by atoms with Crippen LogP contribution in [0.3, 0.4) is 0 Å². The van der Waals surface area contributed by atoms with Crippen LogP contribution in [0.25, 0.3) is 0 Å². The van der Waals surface area contributed by atoms with E-state index in [1.807, 2.05) is 0 Å². The van der Waals surface area contributed by atoms with Crippen molar-refractivity contribution in [3.63, 3.8) is 0 Å². The Labute approximate surface area is 213 Å². The average molecular weight is 498 g/mol. The van der Waals surface area contributed by atoms with Crippen molar-refractivity contribution in [2.45, 2.75) is 117 Å². The van der Waals surface area contributed by atoms with E-state index in [0.717, 1.165) is 37.7 Å². The minimum absolute atomic E-state index is 0.00544. The standard InChI is InChI=1S/C28H52N2O5/c1-25(2)15-13-11-9-7-5-3-4-6-8-10-12-14-16-26-29-19-21-30(26,20-17-27(31)32)22-24-35-23-18-28(33)34/h25H,3-24H2,1-2H3,(H-,31,32,33,34)/p+1. The summed E-state index contributed by atoms with van der Waals surface area (Å²) in [6, 6.07) is 0. The van der Waals surface area contributed by atoms with Crippen LogP contribution in [0.15, 0.2) is 4.99 Å². The van der Waals surface area contributed by atoms with Gasteiger partial charge in [-0.05, 0) is 12.3 Å². The first-order valence-corrected chi connectivity index (χ1v) is 14.3. The highest BCUT2D eigenvalue weighted by Gasteiger charge is 2.37. The van der Waals surface area contributed by atoms with Gasteiger partial charge in [0.2, 0.25) is 0 Å². The molecule has 1 rings (SSSR count). The van der Waals surface area contributed by atoms with Crippen LogP contribution in [0.4, 0.5) is 0 Å². The number of quaternary nitrogens is 1. The fraction of sp³-hybridized carbons (Fsp3) is 0.893. The highest BCUT2D eigenvalue weighted by molar-refractivity contribution is 5.77. The van der Waals surface area contributed by atoms with Gasteiger partial charge in [-0.2, -0.15) is 0 Å². The number of aliphatic imine (C=N–C) groups is 1. The number of hydrogen-bond acceptors (Lipinski definition) is 4. The smallest absolute Gasteiger partial charge is 0.309 e. The highest BCUT2D eigenvalue weighted by atomic mass is 16.5. The number of unbranched alkanes of at least 4 members (excludes halogenated alkanes) is 11. The van der Waals surface area contributed by atoms with E-state index in [2.05, 4.69) is 13.8 Å². The van der Waals surface area contributed by atoms with Gasteiger partial charge in [0.05, 0.1) is 39.1 Å². The second-order valence-electron chi connectivity index (χ2n) is 10.7. The van der Waals surface area contributed by atoms with Crippen molar-refractivity contribution in [3.8, 4) is 0 Å². The molecule has 0 aliphatic carbocycles. The van der Waals surface area contributed by atoms with Gasteiger partial charge in [-0.3, -0.25) is 14.1 Å². The van der Waals surface area contributed by atoms with E-state index in [9.17, 15) is 14.7 Å². The molecule has 1 aliphatic heterocycles. The lowest BCUT2D eigenvalue weighted by molar-refractivity contribution is -0.836. The quantitative estimate of drug-likeness (QED) is 0.120. The molecule has 0 fully saturated rings. The Kier molecular flexibility index (Phi) is 17.8. The van der Waals surface area contributed by atoms with Gasteiger partial charge in [0.15, 0.2) is 5.84 Å². The Morgan fingerprint density at radius 3 is 1.89 bits per heavy atom. The predicted octanol–water partition coefficient (Wildman–Crippen LogP) is 6.30. The van der Waals surface area contributed by atoms with Gasteiger partial charge >= 0.3 is 11.9 Å². The largest absolute Gasteiger partial charge is 0.481 e. The molecule has 0 spiro atoms. The maximum absolute atomic E-state index is 11.2. The first-order chi connectivity index (χ1) is 16.9. The summed E-state index contributed by atoms with van der Waals surface area (Å²) >= 11 is 0. The summed E-state index contributed by atoms with van der Waals surface area (Å²) in [5.41, 5.74) is 0. The molecule has 7 heteroatoms. The van der Waals surface area contributed by atoms with Crippen molar-refractivity contribution in [2.75, 3.05) is 39.4 Å². The van der Waals surface area contributed by atoms with E-state index in [4.69, 9.17) is 14.8 Å². The number of rotatable bonds is 24. The van der Waals surface area contributed by atoms with Crippen LogP contribution in [-0.4, -0.2) is 71.9 Å². The van der Waals surface area contributed by atoms with Gasteiger partial charge in [0.25, 0.3) is 0 Å². The van der Waals surface area contributed by atoms with Crippen LogP contribution in [0.1, 0.15) is 117 Å². The fourth-order valence-corrected chi connectivity index (χ4v) is 4.97. The summed E-state index contributed by atoms with van der Waals surface area (Å²) in [6.07, 6.45) is 18.3. The first-order valence-electron chi connectivity index (χ1n) is 14.3. The lowest BCUT2D eigenvalue weighted by atomic mass is 10.0. The van der Waals surface area contributed by atoms with Gasteiger partial charge in [-0.25, -0.2) is 4.99 Å². The predicted molar refractivity (Wildman–Crippen MR) is 142 cm³/mol. The van der Waals surface area contributed by atoms with Crippen LogP contribution < -0.4 is 0 Å². The topological polar surface area (TPSA) is 96.2 Å². The van der Waals surface area contributed by atoms with Crippen molar-refractivity contribution < 1.29 is 29.0 Å². The summed E-state index contributed by atoms with van der Waals surface area (Å²) in [5, 5.41) is 18.0. The Morgan fingerprint density at radius 1 is 0.800 bits per heavy atom. The van der Waals surface area contributed by atoms with Crippen molar-refractivity contribution in [2.24, 2.45) is 10.9 Å². The number of carbonyl (C=O) groups is 2. The SMILES string of the molecule is CC(C)CCCCCCCCCCCCCCC1=NCC[N+]1(CCOCCC(=O)O)CCC(=O)O. The maximum atomic E-state index is 11.2. The second kappa shape index (κ2) is 19.7. The Hall–Kier alpha value is -1.47. The first kappa shape index (κ1) is 31.6. The zero-order valence-corrected chi connectivity index (χ0v) is 22.6. The molecule has 0 bridgehead atoms. The molecule has 1 unspecified atom stereocenters. The summed E-state index contributed by atoms with van der Waals surface area (Å²) < 4.78 is 6.11. The molecule has 7 nitrogen and oxygen atoms in total.